The summed E-state index contributed by atoms with van der Waals surface area (Å²) in [6.07, 6.45) is 0. The highest BCUT2D eigenvalue weighted by Gasteiger charge is 2.38. The molecule has 1 unspecified atom stereocenters. The molecule has 1 N–H and O–H groups in total. The number of amides is 2. The third-order valence-corrected chi connectivity index (χ3v) is 5.11. The average Bonchev–Trinajstić information content (AvgIpc) is 2.66. The van der Waals surface area contributed by atoms with Gasteiger partial charge in [0.2, 0.25) is 0 Å². The van der Waals surface area contributed by atoms with Crippen molar-refractivity contribution in [3.63, 3.8) is 0 Å². The van der Waals surface area contributed by atoms with Gasteiger partial charge in [-0.15, -0.1) is 0 Å². The number of morpholine rings is 1. The maximum absolute atomic E-state index is 12.9. The second-order valence-electron chi connectivity index (χ2n) is 6.43. The summed E-state index contributed by atoms with van der Waals surface area (Å²) in [7, 11) is 1.66. The Morgan fingerprint density at radius 1 is 1.33 bits per heavy atom. The van der Waals surface area contributed by atoms with Crippen molar-refractivity contribution >= 4 is 23.6 Å². The van der Waals surface area contributed by atoms with Crippen molar-refractivity contribution in [2.75, 3.05) is 46.5 Å². The molecular weight excluding hydrogens is 370 g/mol. The number of carbonyl (C=O) groups excluding carboxylic acids is 2. The summed E-state index contributed by atoms with van der Waals surface area (Å²) in [5.74, 6) is -0.447. The molecular formula is C19H24ClN3O4. The maximum Gasteiger partial charge on any atom is 0.338 e. The van der Waals surface area contributed by atoms with Crippen LogP contribution in [0.4, 0.5) is 4.79 Å². The van der Waals surface area contributed by atoms with Crippen LogP contribution in [-0.2, 0) is 14.3 Å². The molecule has 27 heavy (non-hydrogen) atoms. The zero-order valence-corrected chi connectivity index (χ0v) is 16.3. The topological polar surface area (TPSA) is 71.1 Å². The lowest BCUT2D eigenvalue weighted by Crippen LogP contribution is -2.50. The molecule has 7 nitrogen and oxygen atoms in total. The molecule has 0 spiro atoms. The van der Waals surface area contributed by atoms with Crippen LogP contribution < -0.4 is 5.32 Å². The Bertz CT molecular complexity index is 746. The van der Waals surface area contributed by atoms with E-state index < -0.39 is 12.0 Å². The fourth-order valence-electron chi connectivity index (χ4n) is 3.31. The van der Waals surface area contributed by atoms with Crippen LogP contribution in [0.25, 0.3) is 0 Å². The minimum atomic E-state index is -0.655. The monoisotopic (exact) mass is 393 g/mol. The smallest absolute Gasteiger partial charge is 0.338 e. The normalized spacial score (nSPS) is 21.2. The van der Waals surface area contributed by atoms with Gasteiger partial charge in [0.15, 0.2) is 0 Å². The summed E-state index contributed by atoms with van der Waals surface area (Å²) >= 11 is 6.36. The summed E-state index contributed by atoms with van der Waals surface area (Å²) in [6, 6.07) is 6.26. The van der Waals surface area contributed by atoms with Gasteiger partial charge in [-0.2, -0.15) is 0 Å². The molecule has 2 amide bonds. The van der Waals surface area contributed by atoms with Crippen molar-refractivity contribution in [3.8, 4) is 0 Å². The fraction of sp³-hybridized carbons (Fsp3) is 0.474. The zero-order valence-electron chi connectivity index (χ0n) is 15.5. The minimum Gasteiger partial charge on any atom is -0.463 e. The van der Waals surface area contributed by atoms with Crippen molar-refractivity contribution in [3.05, 3.63) is 46.1 Å². The Labute approximate surface area is 163 Å². The number of nitrogens with zero attached hydrogens (tertiary/aromatic N) is 2. The van der Waals surface area contributed by atoms with Gasteiger partial charge in [0, 0.05) is 37.4 Å². The summed E-state index contributed by atoms with van der Waals surface area (Å²) in [4.78, 5) is 29.1. The Balaban J connectivity index is 2.06. The van der Waals surface area contributed by atoms with Crippen LogP contribution in [0.5, 0.6) is 0 Å². The van der Waals surface area contributed by atoms with E-state index in [0.717, 1.165) is 13.1 Å². The highest BCUT2D eigenvalue weighted by Crippen LogP contribution is 2.34. The van der Waals surface area contributed by atoms with Crippen molar-refractivity contribution in [1.82, 2.24) is 15.1 Å². The van der Waals surface area contributed by atoms with E-state index in [0.29, 0.717) is 41.6 Å². The number of urea groups is 1. The van der Waals surface area contributed by atoms with Gasteiger partial charge in [0.25, 0.3) is 0 Å². The SMILES string of the molecule is CCOC(=O)C1=C(CN2CCOCC2)N(C)C(=O)NC1c1ccccc1Cl. The van der Waals surface area contributed by atoms with Gasteiger partial charge in [-0.1, -0.05) is 29.8 Å². The van der Waals surface area contributed by atoms with Crippen LogP contribution in [0.1, 0.15) is 18.5 Å². The number of hydrogen-bond donors (Lipinski definition) is 1. The number of rotatable bonds is 5. The molecule has 1 saturated heterocycles. The molecule has 0 bridgehead atoms. The van der Waals surface area contributed by atoms with Crippen LogP contribution in [0.15, 0.2) is 35.5 Å². The van der Waals surface area contributed by atoms with Crippen LogP contribution in [-0.4, -0.2) is 68.3 Å². The predicted molar refractivity (Wildman–Crippen MR) is 101 cm³/mol. The average molecular weight is 394 g/mol. The van der Waals surface area contributed by atoms with Crippen molar-refractivity contribution in [2.24, 2.45) is 0 Å². The van der Waals surface area contributed by atoms with E-state index >= 15 is 0 Å². The fourth-order valence-corrected chi connectivity index (χ4v) is 3.56. The predicted octanol–water partition coefficient (Wildman–Crippen LogP) is 2.19. The van der Waals surface area contributed by atoms with E-state index in [1.807, 2.05) is 18.2 Å². The maximum atomic E-state index is 12.9. The summed E-state index contributed by atoms with van der Waals surface area (Å²) in [5, 5.41) is 3.37. The molecule has 1 aromatic rings. The first-order valence-electron chi connectivity index (χ1n) is 9.01. The van der Waals surface area contributed by atoms with Crippen molar-refractivity contribution in [1.29, 1.82) is 0 Å². The van der Waals surface area contributed by atoms with Gasteiger partial charge < -0.3 is 14.8 Å². The third kappa shape index (κ3) is 4.26. The molecule has 0 saturated carbocycles. The van der Waals surface area contributed by atoms with E-state index in [9.17, 15) is 9.59 Å². The summed E-state index contributed by atoms with van der Waals surface area (Å²) in [5.41, 5.74) is 1.71. The van der Waals surface area contributed by atoms with Gasteiger partial charge in [-0.3, -0.25) is 9.80 Å². The van der Waals surface area contributed by atoms with E-state index in [2.05, 4.69) is 10.2 Å². The van der Waals surface area contributed by atoms with Crippen LogP contribution in [0.2, 0.25) is 5.02 Å². The highest BCUT2D eigenvalue weighted by atomic mass is 35.5. The molecule has 0 aliphatic carbocycles. The van der Waals surface area contributed by atoms with Gasteiger partial charge >= 0.3 is 12.0 Å². The molecule has 0 radical (unpaired) electrons. The van der Waals surface area contributed by atoms with Crippen LogP contribution in [0, 0.1) is 0 Å². The Morgan fingerprint density at radius 2 is 2.04 bits per heavy atom. The Morgan fingerprint density at radius 3 is 2.70 bits per heavy atom. The summed E-state index contributed by atoms with van der Waals surface area (Å²) < 4.78 is 10.7. The molecule has 8 heteroatoms. The first kappa shape index (κ1) is 19.7. The first-order valence-corrected chi connectivity index (χ1v) is 9.39. The van der Waals surface area contributed by atoms with Crippen LogP contribution in [0.3, 0.4) is 0 Å². The lowest BCUT2D eigenvalue weighted by Gasteiger charge is -2.37. The number of esters is 1. The standard InChI is InChI=1S/C19H24ClN3O4/c1-3-27-18(24)16-15(12-23-8-10-26-11-9-23)22(2)19(25)21-17(16)13-6-4-5-7-14(13)20/h4-7,17H,3,8-12H2,1-2H3,(H,21,25). The van der Waals surface area contributed by atoms with Crippen molar-refractivity contribution in [2.45, 2.75) is 13.0 Å². The zero-order chi connectivity index (χ0) is 19.4. The lowest BCUT2D eigenvalue weighted by atomic mass is 9.94. The number of carbonyl (C=O) groups is 2. The Hall–Kier alpha value is -2.09. The summed E-state index contributed by atoms with van der Waals surface area (Å²) in [6.45, 7) is 5.22. The van der Waals surface area contributed by atoms with Crippen LogP contribution >= 0.6 is 11.6 Å². The largest absolute Gasteiger partial charge is 0.463 e. The minimum absolute atomic E-state index is 0.250. The van der Waals surface area contributed by atoms with E-state index in [1.165, 1.54) is 4.90 Å². The number of nitrogens with one attached hydrogen (secondary N) is 1. The van der Waals surface area contributed by atoms with E-state index in [-0.39, 0.29) is 12.6 Å². The van der Waals surface area contributed by atoms with Gasteiger partial charge in [-0.05, 0) is 18.6 Å². The number of halogens is 1. The molecule has 1 atom stereocenters. The second kappa shape index (κ2) is 8.73. The molecule has 0 aromatic heterocycles. The molecule has 1 aromatic carbocycles. The number of benzene rings is 1. The number of hydrogen-bond acceptors (Lipinski definition) is 5. The van der Waals surface area contributed by atoms with Gasteiger partial charge in [-0.25, -0.2) is 9.59 Å². The van der Waals surface area contributed by atoms with Gasteiger partial charge in [0.1, 0.15) is 0 Å². The number of likely N-dealkylation sites (N-methyl/N-ethyl adjacent to an activating group) is 1. The molecule has 2 aliphatic rings. The molecule has 3 rings (SSSR count). The molecule has 2 aliphatic heterocycles. The van der Waals surface area contributed by atoms with Gasteiger partial charge in [0.05, 0.1) is 31.4 Å². The van der Waals surface area contributed by atoms with Crippen molar-refractivity contribution < 1.29 is 19.1 Å². The lowest BCUT2D eigenvalue weighted by molar-refractivity contribution is -0.139. The van der Waals surface area contributed by atoms with E-state index in [4.69, 9.17) is 21.1 Å². The molecule has 146 valence electrons. The Kier molecular flexibility index (Phi) is 6.36. The molecule has 1 fully saturated rings. The highest BCUT2D eigenvalue weighted by molar-refractivity contribution is 6.31. The second-order valence-corrected chi connectivity index (χ2v) is 6.84. The third-order valence-electron chi connectivity index (χ3n) is 4.77. The number of ether oxygens (including phenoxy) is 2. The first-order chi connectivity index (χ1) is 13.0. The van der Waals surface area contributed by atoms with E-state index in [1.54, 1.807) is 20.0 Å². The quantitative estimate of drug-likeness (QED) is 0.776. The molecule has 2 heterocycles.